The first-order chi connectivity index (χ1) is 27.8. The van der Waals surface area contributed by atoms with Gasteiger partial charge < -0.3 is 10.0 Å². The average Bonchev–Trinajstić information content (AvgIpc) is 3.43. The third kappa shape index (κ3) is 6.52. The highest BCUT2D eigenvalue weighted by Gasteiger charge is 2.38. The van der Waals surface area contributed by atoms with E-state index in [4.69, 9.17) is 0 Å². The molecule has 1 N–H and O–H groups in total. The molecule has 3 amide bonds. The monoisotopic (exact) mass is 758 g/mol. The summed E-state index contributed by atoms with van der Waals surface area (Å²) >= 11 is 0. The van der Waals surface area contributed by atoms with E-state index >= 15 is 0 Å². The van der Waals surface area contributed by atoms with Crippen LogP contribution in [0, 0.1) is 0 Å². The largest absolute Gasteiger partial charge is 0.369 e. The van der Waals surface area contributed by atoms with Gasteiger partial charge in [-0.15, -0.1) is 0 Å². The highest BCUT2D eigenvalue weighted by atomic mass is 16.3. The molecule has 0 spiro atoms. The second-order valence-electron chi connectivity index (χ2n) is 16.0. The lowest BCUT2D eigenvalue weighted by atomic mass is 9.85. The Morgan fingerprint density at radius 1 is 0.614 bits per heavy atom. The molecule has 2 aliphatic heterocycles. The number of hydrogen-bond donors (Lipinski definition) is 1. The van der Waals surface area contributed by atoms with Gasteiger partial charge in [-0.05, 0) is 93.1 Å². The van der Waals surface area contributed by atoms with E-state index in [1.54, 1.807) is 4.90 Å². The first kappa shape index (κ1) is 38.5. The number of aliphatic hydroxyl groups excluding tert-OH is 1. The van der Waals surface area contributed by atoms with Crippen molar-refractivity contribution in [1.82, 2.24) is 9.80 Å². The Bertz CT molecular complexity index is 2540. The van der Waals surface area contributed by atoms with Gasteiger partial charge in [0.1, 0.15) is 0 Å². The van der Waals surface area contributed by atoms with Gasteiger partial charge in [-0.25, -0.2) is 0 Å². The van der Waals surface area contributed by atoms with Crippen molar-refractivity contribution >= 4 is 50.4 Å². The topological polar surface area (TPSA) is 77.9 Å². The molecule has 3 atom stereocenters. The van der Waals surface area contributed by atoms with Gasteiger partial charge in [0.2, 0.25) is 0 Å². The van der Waals surface area contributed by atoms with Crippen molar-refractivity contribution in [1.29, 1.82) is 0 Å². The maximum atomic E-state index is 14.3. The maximum Gasteiger partial charge on any atom is 0.261 e. The predicted octanol–water partition coefficient (Wildman–Crippen LogP) is 10.1. The van der Waals surface area contributed by atoms with Gasteiger partial charge in [-0.2, -0.15) is 0 Å². The zero-order valence-electron chi connectivity index (χ0n) is 33.8. The Balaban J connectivity index is 1.25. The molecule has 0 aromatic heterocycles. The Morgan fingerprint density at radius 3 is 1.88 bits per heavy atom. The fourth-order valence-electron chi connectivity index (χ4n) is 9.81. The molecule has 0 radical (unpaired) electrons. The van der Waals surface area contributed by atoms with Gasteiger partial charge in [0, 0.05) is 39.7 Å². The number of amides is 3. The molecule has 57 heavy (non-hydrogen) atoms. The molecule has 2 unspecified atom stereocenters. The summed E-state index contributed by atoms with van der Waals surface area (Å²) in [5, 5.41) is 17.4. The third-order valence-electron chi connectivity index (χ3n) is 12.8. The van der Waals surface area contributed by atoms with Crippen LogP contribution in [-0.4, -0.2) is 44.7 Å². The molecule has 8 rings (SSSR count). The van der Waals surface area contributed by atoms with Crippen molar-refractivity contribution in [2.24, 2.45) is 0 Å². The van der Waals surface area contributed by atoms with Gasteiger partial charge in [-0.3, -0.25) is 19.3 Å². The van der Waals surface area contributed by atoms with Crippen molar-refractivity contribution in [2.45, 2.75) is 117 Å². The van der Waals surface area contributed by atoms with Crippen LogP contribution in [0.15, 0.2) is 97.1 Å². The van der Waals surface area contributed by atoms with E-state index < -0.39 is 6.23 Å². The van der Waals surface area contributed by atoms with Crippen molar-refractivity contribution < 1.29 is 19.5 Å². The summed E-state index contributed by atoms with van der Waals surface area (Å²) < 4.78 is 0. The number of rotatable bonds is 14. The van der Waals surface area contributed by atoms with E-state index in [0.717, 1.165) is 130 Å². The minimum atomic E-state index is -1.01. The fraction of sp³-hybridized carbons (Fsp3) is 0.353. The SMILES string of the molecule is CCCCCC(CC)N1C(=O)c2cccc3c(-c4ccc(C5=c6cccc7c6=C(CC=C5)C(=O)N(C(CC)CCCCC)[C@H]7O)c5ccccc45)ccc(c23)C1=O. The van der Waals surface area contributed by atoms with E-state index in [-0.39, 0.29) is 29.8 Å². The minimum Gasteiger partial charge on any atom is -0.369 e. The molecule has 3 aliphatic rings. The summed E-state index contributed by atoms with van der Waals surface area (Å²) in [6.45, 7) is 8.52. The first-order valence-electron chi connectivity index (χ1n) is 21.3. The van der Waals surface area contributed by atoms with Crippen molar-refractivity contribution in [2.75, 3.05) is 0 Å². The van der Waals surface area contributed by atoms with Crippen molar-refractivity contribution in [3.8, 4) is 11.1 Å². The normalized spacial score (nSPS) is 17.4. The Labute approximate surface area is 336 Å². The van der Waals surface area contributed by atoms with Crippen LogP contribution in [0.5, 0.6) is 0 Å². The van der Waals surface area contributed by atoms with Crippen LogP contribution in [0.4, 0.5) is 0 Å². The fourth-order valence-corrected chi connectivity index (χ4v) is 9.81. The predicted molar refractivity (Wildman–Crippen MR) is 231 cm³/mol. The lowest BCUT2D eigenvalue weighted by molar-refractivity contribution is -0.141. The number of hydrogen-bond acceptors (Lipinski definition) is 4. The Kier molecular flexibility index (Phi) is 11.0. The molecule has 0 fully saturated rings. The van der Waals surface area contributed by atoms with Crippen molar-refractivity contribution in [3.05, 3.63) is 130 Å². The molecular weight excluding hydrogens is 705 g/mol. The first-order valence-corrected chi connectivity index (χ1v) is 21.3. The Hall–Kier alpha value is -5.33. The van der Waals surface area contributed by atoms with Crippen LogP contribution in [0.3, 0.4) is 0 Å². The van der Waals surface area contributed by atoms with E-state index in [9.17, 15) is 19.5 Å². The quantitative estimate of drug-likeness (QED) is 0.0904. The highest BCUT2D eigenvalue weighted by Crippen LogP contribution is 2.41. The van der Waals surface area contributed by atoms with Gasteiger partial charge in [-0.1, -0.05) is 151 Å². The second kappa shape index (κ2) is 16.3. The second-order valence-corrected chi connectivity index (χ2v) is 16.0. The number of aliphatic hydroxyl groups is 1. The number of fused-ring (bicyclic) bond motifs is 1. The zero-order chi connectivity index (χ0) is 39.8. The summed E-state index contributed by atoms with van der Waals surface area (Å²) in [5.41, 5.74) is 6.72. The van der Waals surface area contributed by atoms with Crippen LogP contribution in [0.1, 0.15) is 136 Å². The maximum absolute atomic E-state index is 14.3. The number of benzene rings is 5. The molecular formula is C51H54N2O4. The van der Waals surface area contributed by atoms with Gasteiger partial charge in [0.25, 0.3) is 17.7 Å². The van der Waals surface area contributed by atoms with Crippen LogP contribution in [0.25, 0.3) is 43.8 Å². The third-order valence-corrected chi connectivity index (χ3v) is 12.8. The molecule has 0 saturated heterocycles. The zero-order valence-corrected chi connectivity index (χ0v) is 33.8. The number of carbonyl (C=O) groups is 3. The van der Waals surface area contributed by atoms with E-state index in [2.05, 4.69) is 76.2 Å². The number of nitrogens with zero attached hydrogens (tertiary/aromatic N) is 2. The molecule has 6 nitrogen and oxygen atoms in total. The summed E-state index contributed by atoms with van der Waals surface area (Å²) in [6.07, 6.45) is 13.4. The lowest BCUT2D eigenvalue weighted by Gasteiger charge is -2.39. The van der Waals surface area contributed by atoms with E-state index in [0.29, 0.717) is 17.5 Å². The molecule has 0 saturated carbocycles. The van der Waals surface area contributed by atoms with Crippen LogP contribution in [-0.2, 0) is 4.79 Å². The highest BCUT2D eigenvalue weighted by molar-refractivity contribution is 6.27. The lowest BCUT2D eigenvalue weighted by Crippen LogP contribution is -2.51. The van der Waals surface area contributed by atoms with Crippen LogP contribution < -0.4 is 10.4 Å². The molecule has 292 valence electrons. The summed E-state index contributed by atoms with van der Waals surface area (Å²) in [7, 11) is 0. The summed E-state index contributed by atoms with van der Waals surface area (Å²) in [6, 6.07) is 28.4. The van der Waals surface area contributed by atoms with Crippen LogP contribution >= 0.6 is 0 Å². The smallest absolute Gasteiger partial charge is 0.261 e. The molecule has 5 aromatic carbocycles. The van der Waals surface area contributed by atoms with Crippen LogP contribution in [0.2, 0.25) is 0 Å². The van der Waals surface area contributed by atoms with E-state index in [1.165, 1.54) is 4.90 Å². The molecule has 0 bridgehead atoms. The Morgan fingerprint density at radius 2 is 1.19 bits per heavy atom. The number of unbranched alkanes of at least 4 members (excludes halogenated alkanes) is 4. The molecule has 1 aliphatic carbocycles. The molecule has 5 aromatic rings. The van der Waals surface area contributed by atoms with Gasteiger partial charge >= 0.3 is 0 Å². The number of carbonyl (C=O) groups excluding carboxylic acids is 3. The molecule has 6 heteroatoms. The average molecular weight is 759 g/mol. The van der Waals surface area contributed by atoms with E-state index in [1.807, 2.05) is 48.5 Å². The summed E-state index contributed by atoms with van der Waals surface area (Å²) in [5.74, 6) is -0.473. The standard InChI is InChI=1S/C51H54N2O4/c1-5-9-11-18-32(7-3)52-48(54)42-25-15-22-36(40-23-16-26-43(46(40)42)49(52)55)37-28-29-38(35-21-14-13-20-34(35)37)39-30-31-45-47-41(39)24-17-27-44(47)50(56)53(51(45)57)33(8-4)19-12-10-6-2/h13-17,20-24,26-33,49,55H,5-12,18-19,25H2,1-4H3/t32?,33?,49-/m0/s1. The number of allylic oxidation sites excluding steroid dienone is 2. The minimum absolute atomic E-state index is 0.0234. The van der Waals surface area contributed by atoms with Gasteiger partial charge in [0.05, 0.1) is 0 Å². The number of imide groups is 1. The summed E-state index contributed by atoms with van der Waals surface area (Å²) in [4.78, 5) is 45.9. The molecule has 2 heterocycles. The van der Waals surface area contributed by atoms with Gasteiger partial charge in [0.15, 0.2) is 6.23 Å². The van der Waals surface area contributed by atoms with Crippen molar-refractivity contribution in [3.63, 3.8) is 0 Å².